The highest BCUT2D eigenvalue weighted by Gasteiger charge is 2.30. The normalized spacial score (nSPS) is 20.2. The smallest absolute Gasteiger partial charge is 0.144 e. The number of hydrogen-bond donors (Lipinski definition) is 2. The van der Waals surface area contributed by atoms with E-state index in [-0.39, 0.29) is 0 Å². The van der Waals surface area contributed by atoms with Crippen molar-refractivity contribution in [3.8, 4) is 6.07 Å². The van der Waals surface area contributed by atoms with Gasteiger partial charge in [-0.05, 0) is 30.9 Å². The van der Waals surface area contributed by atoms with E-state index >= 15 is 0 Å². The lowest BCUT2D eigenvalue weighted by Gasteiger charge is -2.32. The summed E-state index contributed by atoms with van der Waals surface area (Å²) in [7, 11) is 0. The van der Waals surface area contributed by atoms with E-state index in [4.69, 9.17) is 4.74 Å². The highest BCUT2D eigenvalue weighted by Crippen LogP contribution is 2.26. The second-order valence-electron chi connectivity index (χ2n) is 5.65. The molecular formula is C15H19N3O2. The summed E-state index contributed by atoms with van der Waals surface area (Å²) in [5.41, 5.74) is 2.09. The third-order valence-electron chi connectivity index (χ3n) is 4.18. The molecule has 106 valence electrons. The van der Waals surface area contributed by atoms with Crippen molar-refractivity contribution in [3.63, 3.8) is 0 Å². The van der Waals surface area contributed by atoms with Crippen molar-refractivity contribution < 1.29 is 9.84 Å². The van der Waals surface area contributed by atoms with Gasteiger partial charge in [-0.1, -0.05) is 0 Å². The molecule has 5 nitrogen and oxygen atoms in total. The van der Waals surface area contributed by atoms with Crippen LogP contribution in [-0.2, 0) is 17.6 Å². The number of nitrogens with one attached hydrogen (secondary N) is 1. The first kappa shape index (κ1) is 13.3. The predicted molar refractivity (Wildman–Crippen MR) is 74.5 cm³/mol. The molecule has 0 unspecified atom stereocenters. The summed E-state index contributed by atoms with van der Waals surface area (Å²) in [4.78, 5) is 4.56. The zero-order chi connectivity index (χ0) is 14.0. The number of aryl methyl sites for hydroxylation is 2. The Kier molecular flexibility index (Phi) is 3.60. The molecule has 0 amide bonds. The third kappa shape index (κ3) is 2.62. The van der Waals surface area contributed by atoms with Gasteiger partial charge in [0.15, 0.2) is 0 Å². The Morgan fingerprint density at radius 3 is 2.95 bits per heavy atom. The largest absolute Gasteiger partial charge is 0.388 e. The van der Waals surface area contributed by atoms with Crippen LogP contribution in [0.15, 0.2) is 6.07 Å². The molecule has 2 aliphatic rings. The zero-order valence-electron chi connectivity index (χ0n) is 11.5. The first-order valence-corrected chi connectivity index (χ1v) is 7.17. The first-order chi connectivity index (χ1) is 9.70. The maximum absolute atomic E-state index is 10.4. The van der Waals surface area contributed by atoms with E-state index in [0.717, 1.165) is 25.0 Å². The fourth-order valence-electron chi connectivity index (χ4n) is 2.87. The third-order valence-corrected chi connectivity index (χ3v) is 4.18. The van der Waals surface area contributed by atoms with Gasteiger partial charge >= 0.3 is 0 Å². The van der Waals surface area contributed by atoms with Crippen LogP contribution in [0, 0.1) is 11.3 Å². The van der Waals surface area contributed by atoms with Crippen LogP contribution in [0.4, 0.5) is 5.82 Å². The molecule has 3 rings (SSSR count). The zero-order valence-corrected chi connectivity index (χ0v) is 11.5. The molecule has 1 aliphatic carbocycles. The number of anilines is 1. The minimum atomic E-state index is -0.758. The molecule has 5 heteroatoms. The second-order valence-corrected chi connectivity index (χ2v) is 5.65. The summed E-state index contributed by atoms with van der Waals surface area (Å²) in [6.07, 6.45) is 4.34. The number of aliphatic hydroxyl groups is 1. The average molecular weight is 273 g/mol. The van der Waals surface area contributed by atoms with Crippen LogP contribution in [0.25, 0.3) is 0 Å². The van der Waals surface area contributed by atoms with Crippen molar-refractivity contribution in [3.05, 3.63) is 22.9 Å². The van der Waals surface area contributed by atoms with E-state index < -0.39 is 5.60 Å². The Bertz CT molecular complexity index is 545. The number of ether oxygens (including phenoxy) is 1. The van der Waals surface area contributed by atoms with Crippen molar-refractivity contribution in [1.82, 2.24) is 4.98 Å². The summed E-state index contributed by atoms with van der Waals surface area (Å²) in [6.45, 7) is 1.58. The molecule has 0 spiro atoms. The molecule has 2 N–H and O–H groups in total. The van der Waals surface area contributed by atoms with Gasteiger partial charge < -0.3 is 15.2 Å². The lowest BCUT2D eigenvalue weighted by molar-refractivity contribution is -0.0543. The van der Waals surface area contributed by atoms with Crippen molar-refractivity contribution in [1.29, 1.82) is 5.26 Å². The molecule has 0 aromatic carbocycles. The van der Waals surface area contributed by atoms with Gasteiger partial charge in [0.05, 0.1) is 11.2 Å². The van der Waals surface area contributed by atoms with Crippen LogP contribution < -0.4 is 5.32 Å². The standard InChI is InChI=1S/C15H19N3O2/c16-9-12-8-11-2-1-3-13(11)18-14(12)17-10-15(19)4-6-20-7-5-15/h8,19H,1-7,10H2,(H,17,18). The number of hydrogen-bond acceptors (Lipinski definition) is 5. The topological polar surface area (TPSA) is 78.2 Å². The van der Waals surface area contributed by atoms with Crippen molar-refractivity contribution in [2.24, 2.45) is 0 Å². The van der Waals surface area contributed by atoms with E-state index in [1.165, 1.54) is 5.56 Å². The minimum absolute atomic E-state index is 0.414. The Morgan fingerprint density at radius 2 is 2.20 bits per heavy atom. The number of nitrogens with zero attached hydrogens (tertiary/aromatic N) is 2. The van der Waals surface area contributed by atoms with E-state index in [9.17, 15) is 10.4 Å². The van der Waals surface area contributed by atoms with E-state index in [2.05, 4.69) is 16.4 Å². The molecule has 1 aromatic heterocycles. The lowest BCUT2D eigenvalue weighted by Crippen LogP contribution is -2.42. The molecule has 0 atom stereocenters. The average Bonchev–Trinajstić information content (AvgIpc) is 2.92. The molecule has 0 saturated carbocycles. The monoisotopic (exact) mass is 273 g/mol. The maximum Gasteiger partial charge on any atom is 0.144 e. The number of fused-ring (bicyclic) bond motifs is 1. The van der Waals surface area contributed by atoms with Crippen LogP contribution in [0.2, 0.25) is 0 Å². The van der Waals surface area contributed by atoms with Crippen LogP contribution >= 0.6 is 0 Å². The number of pyridine rings is 1. The van der Waals surface area contributed by atoms with Crippen molar-refractivity contribution in [2.45, 2.75) is 37.7 Å². The van der Waals surface area contributed by atoms with Crippen LogP contribution in [-0.4, -0.2) is 35.5 Å². The van der Waals surface area contributed by atoms with Gasteiger partial charge in [0.2, 0.25) is 0 Å². The number of nitriles is 1. The fourth-order valence-corrected chi connectivity index (χ4v) is 2.87. The SMILES string of the molecule is N#Cc1cc2c(nc1NCC1(O)CCOCC1)CCC2. The molecule has 1 saturated heterocycles. The Morgan fingerprint density at radius 1 is 1.40 bits per heavy atom. The van der Waals surface area contributed by atoms with E-state index in [0.29, 0.717) is 44.0 Å². The molecule has 0 radical (unpaired) electrons. The van der Waals surface area contributed by atoms with E-state index in [1.807, 2.05) is 6.07 Å². The van der Waals surface area contributed by atoms with Gasteiger partial charge in [-0.25, -0.2) is 4.98 Å². The fraction of sp³-hybridized carbons (Fsp3) is 0.600. The molecule has 1 fully saturated rings. The maximum atomic E-state index is 10.4. The van der Waals surface area contributed by atoms with E-state index in [1.54, 1.807) is 0 Å². The van der Waals surface area contributed by atoms with Gasteiger partial charge in [0, 0.05) is 38.3 Å². The molecule has 1 aliphatic heterocycles. The summed E-state index contributed by atoms with van der Waals surface area (Å²) in [5, 5.41) is 22.8. The first-order valence-electron chi connectivity index (χ1n) is 7.17. The summed E-state index contributed by atoms with van der Waals surface area (Å²) >= 11 is 0. The highest BCUT2D eigenvalue weighted by molar-refractivity contribution is 5.55. The Hall–Kier alpha value is -1.64. The molecule has 20 heavy (non-hydrogen) atoms. The van der Waals surface area contributed by atoms with Crippen molar-refractivity contribution in [2.75, 3.05) is 25.1 Å². The Labute approximate surface area is 118 Å². The predicted octanol–water partition coefficient (Wildman–Crippen LogP) is 1.40. The summed E-state index contributed by atoms with van der Waals surface area (Å²) < 4.78 is 5.27. The molecule has 0 bridgehead atoms. The van der Waals surface area contributed by atoms with Gasteiger partial charge in [-0.15, -0.1) is 0 Å². The van der Waals surface area contributed by atoms with Gasteiger partial charge in [-0.3, -0.25) is 0 Å². The number of rotatable bonds is 3. The van der Waals surface area contributed by atoms with Crippen molar-refractivity contribution >= 4 is 5.82 Å². The molecule has 2 heterocycles. The van der Waals surface area contributed by atoms with Gasteiger partial charge in [-0.2, -0.15) is 5.26 Å². The molecular weight excluding hydrogens is 254 g/mol. The molecule has 1 aromatic rings. The summed E-state index contributed by atoms with van der Waals surface area (Å²) in [5.74, 6) is 0.605. The number of aromatic nitrogens is 1. The van der Waals surface area contributed by atoms with Gasteiger partial charge in [0.1, 0.15) is 11.9 Å². The quantitative estimate of drug-likeness (QED) is 0.870. The Balaban J connectivity index is 1.75. The van der Waals surface area contributed by atoms with Gasteiger partial charge in [0.25, 0.3) is 0 Å². The lowest BCUT2D eigenvalue weighted by atomic mass is 9.94. The van der Waals surface area contributed by atoms with Crippen LogP contribution in [0.1, 0.15) is 36.1 Å². The van der Waals surface area contributed by atoms with Crippen LogP contribution in [0.5, 0.6) is 0 Å². The summed E-state index contributed by atoms with van der Waals surface area (Å²) in [6, 6.07) is 4.13. The highest BCUT2D eigenvalue weighted by atomic mass is 16.5. The second kappa shape index (κ2) is 5.39. The van der Waals surface area contributed by atoms with Crippen LogP contribution in [0.3, 0.4) is 0 Å². The minimum Gasteiger partial charge on any atom is -0.388 e.